The van der Waals surface area contributed by atoms with Crippen molar-refractivity contribution in [3.63, 3.8) is 0 Å². The van der Waals surface area contributed by atoms with Gasteiger partial charge in [-0.15, -0.1) is 0 Å². The summed E-state index contributed by atoms with van der Waals surface area (Å²) in [6, 6.07) is 0. The van der Waals surface area contributed by atoms with E-state index in [2.05, 4.69) is 29.5 Å². The fourth-order valence-corrected chi connectivity index (χ4v) is 2.51. The summed E-state index contributed by atoms with van der Waals surface area (Å²) in [5.41, 5.74) is -0.440. The van der Waals surface area contributed by atoms with Gasteiger partial charge in [-0.25, -0.2) is 4.79 Å². The number of nitrogens with zero attached hydrogens (tertiary/aromatic N) is 2. The van der Waals surface area contributed by atoms with Gasteiger partial charge in [0.15, 0.2) is 5.96 Å². The molecule has 0 aromatic carbocycles. The number of piperidine rings is 1. The molecule has 0 aromatic rings. The van der Waals surface area contributed by atoms with Crippen molar-refractivity contribution in [1.29, 1.82) is 0 Å². The summed E-state index contributed by atoms with van der Waals surface area (Å²) in [5, 5.41) is 6.56. The quantitative estimate of drug-likeness (QED) is 0.602. The number of likely N-dealkylation sites (tertiary alicyclic amines) is 1. The second-order valence-corrected chi connectivity index (χ2v) is 7.08. The van der Waals surface area contributed by atoms with Crippen LogP contribution < -0.4 is 10.6 Å². The Labute approximate surface area is 141 Å². The zero-order valence-corrected chi connectivity index (χ0v) is 15.4. The van der Waals surface area contributed by atoms with Crippen LogP contribution in [0.5, 0.6) is 0 Å². The first-order valence-corrected chi connectivity index (χ1v) is 8.85. The maximum Gasteiger partial charge on any atom is 0.410 e. The van der Waals surface area contributed by atoms with Gasteiger partial charge in [0, 0.05) is 32.7 Å². The molecule has 0 aliphatic carbocycles. The van der Waals surface area contributed by atoms with Gasteiger partial charge in [0.2, 0.25) is 0 Å². The van der Waals surface area contributed by atoms with Gasteiger partial charge < -0.3 is 20.3 Å². The Morgan fingerprint density at radius 2 is 2.04 bits per heavy atom. The van der Waals surface area contributed by atoms with E-state index in [0.717, 1.165) is 57.9 Å². The Hall–Kier alpha value is -1.46. The van der Waals surface area contributed by atoms with Crippen LogP contribution in [0.2, 0.25) is 0 Å². The molecule has 1 rings (SSSR count). The Balaban J connectivity index is 2.52. The van der Waals surface area contributed by atoms with E-state index < -0.39 is 5.60 Å². The number of hydrogen-bond acceptors (Lipinski definition) is 3. The highest BCUT2D eigenvalue weighted by molar-refractivity contribution is 5.79. The fraction of sp³-hybridized carbons (Fsp3) is 0.882. The molecule has 1 unspecified atom stereocenters. The second kappa shape index (κ2) is 9.63. The lowest BCUT2D eigenvalue weighted by molar-refractivity contribution is 0.0170. The van der Waals surface area contributed by atoms with Crippen LogP contribution in [0.3, 0.4) is 0 Å². The first kappa shape index (κ1) is 19.6. The lowest BCUT2D eigenvalue weighted by Gasteiger charge is -2.33. The number of hydrogen-bond donors (Lipinski definition) is 2. The van der Waals surface area contributed by atoms with Crippen LogP contribution >= 0.6 is 0 Å². The molecule has 1 aliphatic rings. The minimum Gasteiger partial charge on any atom is -0.444 e. The van der Waals surface area contributed by atoms with Crippen LogP contribution in [0.25, 0.3) is 0 Å². The number of carbonyl (C=O) groups is 1. The highest BCUT2D eigenvalue weighted by Gasteiger charge is 2.27. The van der Waals surface area contributed by atoms with Crippen LogP contribution in [0.1, 0.15) is 53.9 Å². The molecule has 0 bridgehead atoms. The third kappa shape index (κ3) is 8.09. The summed E-state index contributed by atoms with van der Waals surface area (Å²) < 4.78 is 5.47. The predicted octanol–water partition coefficient (Wildman–Crippen LogP) is 2.60. The average Bonchev–Trinajstić information content (AvgIpc) is 2.48. The number of carbonyl (C=O) groups excluding carboxylic acids is 1. The van der Waals surface area contributed by atoms with E-state index in [1.165, 1.54) is 0 Å². The highest BCUT2D eigenvalue weighted by atomic mass is 16.6. The molecule has 1 saturated heterocycles. The summed E-state index contributed by atoms with van der Waals surface area (Å²) in [5.74, 6) is 1.26. The zero-order valence-electron chi connectivity index (χ0n) is 15.4. The standard InChI is InChI=1S/C17H34N4O2/c1-6-10-19-15(18-7-2)20-12-14-9-8-11-21(13-14)16(22)23-17(3,4)5/h14H,6-13H2,1-5H3,(H2,18,19,20). The van der Waals surface area contributed by atoms with Crippen molar-refractivity contribution in [3.05, 3.63) is 0 Å². The SMILES string of the molecule is CCCNC(=NCC1CCCN(C(=O)OC(C)(C)C)C1)NCC. The molecule has 1 amide bonds. The largest absolute Gasteiger partial charge is 0.444 e. The topological polar surface area (TPSA) is 66.0 Å². The summed E-state index contributed by atoms with van der Waals surface area (Å²) in [7, 11) is 0. The van der Waals surface area contributed by atoms with Crippen LogP contribution in [-0.2, 0) is 4.74 Å². The van der Waals surface area contributed by atoms with E-state index in [4.69, 9.17) is 4.74 Å². The summed E-state index contributed by atoms with van der Waals surface area (Å²) in [4.78, 5) is 18.7. The van der Waals surface area contributed by atoms with Crippen molar-refractivity contribution in [2.24, 2.45) is 10.9 Å². The smallest absolute Gasteiger partial charge is 0.410 e. The van der Waals surface area contributed by atoms with Crippen molar-refractivity contribution in [2.75, 3.05) is 32.7 Å². The van der Waals surface area contributed by atoms with Gasteiger partial charge in [-0.2, -0.15) is 0 Å². The minimum atomic E-state index is -0.440. The molecule has 0 aromatic heterocycles. The van der Waals surface area contributed by atoms with Crippen molar-refractivity contribution in [1.82, 2.24) is 15.5 Å². The number of rotatable bonds is 5. The van der Waals surface area contributed by atoms with Gasteiger partial charge >= 0.3 is 6.09 Å². The summed E-state index contributed by atoms with van der Waals surface area (Å²) >= 11 is 0. The molecule has 1 fully saturated rings. The summed E-state index contributed by atoms with van der Waals surface area (Å²) in [6.45, 7) is 13.9. The van der Waals surface area contributed by atoms with Crippen molar-refractivity contribution < 1.29 is 9.53 Å². The molecule has 23 heavy (non-hydrogen) atoms. The van der Waals surface area contributed by atoms with Gasteiger partial charge in [-0.1, -0.05) is 6.92 Å². The second-order valence-electron chi connectivity index (χ2n) is 7.08. The number of amides is 1. The molecule has 2 N–H and O–H groups in total. The van der Waals surface area contributed by atoms with E-state index in [9.17, 15) is 4.79 Å². The molecule has 1 atom stereocenters. The van der Waals surface area contributed by atoms with Crippen LogP contribution in [-0.4, -0.2) is 55.3 Å². The Bertz CT molecular complexity index is 391. The van der Waals surface area contributed by atoms with Gasteiger partial charge in [-0.05, 0) is 52.9 Å². The van der Waals surface area contributed by atoms with Gasteiger partial charge in [0.25, 0.3) is 0 Å². The molecule has 134 valence electrons. The van der Waals surface area contributed by atoms with Crippen LogP contribution in [0.15, 0.2) is 4.99 Å². The van der Waals surface area contributed by atoms with E-state index in [1.54, 1.807) is 0 Å². The number of nitrogens with one attached hydrogen (secondary N) is 2. The van der Waals surface area contributed by atoms with Crippen molar-refractivity contribution >= 4 is 12.1 Å². The maximum atomic E-state index is 12.2. The van der Waals surface area contributed by atoms with Crippen LogP contribution in [0.4, 0.5) is 4.79 Å². The molecular formula is C17H34N4O2. The summed E-state index contributed by atoms with van der Waals surface area (Å²) in [6.07, 6.45) is 2.98. The number of ether oxygens (including phenoxy) is 1. The van der Waals surface area contributed by atoms with E-state index >= 15 is 0 Å². The van der Waals surface area contributed by atoms with Crippen molar-refractivity contribution in [2.45, 2.75) is 59.5 Å². The lowest BCUT2D eigenvalue weighted by atomic mass is 9.98. The molecule has 1 aliphatic heterocycles. The number of aliphatic imine (C=N–C) groups is 1. The van der Waals surface area contributed by atoms with Gasteiger partial charge in [0.1, 0.15) is 5.60 Å². The van der Waals surface area contributed by atoms with Crippen LogP contribution in [0, 0.1) is 5.92 Å². The van der Waals surface area contributed by atoms with Gasteiger partial charge in [-0.3, -0.25) is 4.99 Å². The first-order valence-electron chi connectivity index (χ1n) is 8.85. The minimum absolute atomic E-state index is 0.206. The molecule has 6 nitrogen and oxygen atoms in total. The average molecular weight is 326 g/mol. The fourth-order valence-electron chi connectivity index (χ4n) is 2.51. The third-order valence-corrected chi connectivity index (χ3v) is 3.56. The first-order chi connectivity index (χ1) is 10.9. The van der Waals surface area contributed by atoms with E-state index in [1.807, 2.05) is 25.7 Å². The Morgan fingerprint density at radius 1 is 1.30 bits per heavy atom. The highest BCUT2D eigenvalue weighted by Crippen LogP contribution is 2.19. The molecule has 0 radical (unpaired) electrons. The third-order valence-electron chi connectivity index (χ3n) is 3.56. The molecule has 1 heterocycles. The lowest BCUT2D eigenvalue weighted by Crippen LogP contribution is -2.44. The zero-order chi connectivity index (χ0) is 17.3. The normalized spacial score (nSPS) is 19.4. The number of guanidine groups is 1. The molecular weight excluding hydrogens is 292 g/mol. The Kier molecular flexibility index (Phi) is 8.20. The van der Waals surface area contributed by atoms with Crippen molar-refractivity contribution in [3.8, 4) is 0 Å². The van der Waals surface area contributed by atoms with E-state index in [0.29, 0.717) is 5.92 Å². The maximum absolute atomic E-state index is 12.2. The van der Waals surface area contributed by atoms with E-state index in [-0.39, 0.29) is 6.09 Å². The predicted molar refractivity (Wildman–Crippen MR) is 94.8 cm³/mol. The van der Waals surface area contributed by atoms with Gasteiger partial charge in [0.05, 0.1) is 0 Å². The molecule has 0 spiro atoms. The Morgan fingerprint density at radius 3 is 2.65 bits per heavy atom. The monoisotopic (exact) mass is 326 g/mol. The molecule has 6 heteroatoms. The molecule has 0 saturated carbocycles.